The Bertz CT molecular complexity index is 950. The van der Waals surface area contributed by atoms with Gasteiger partial charge in [0.15, 0.2) is 24.0 Å². The van der Waals surface area contributed by atoms with Crippen LogP contribution in [0.1, 0.15) is 11.7 Å². The number of para-hydroxylation sites is 1. The lowest BCUT2D eigenvalue weighted by molar-refractivity contribution is 0.222. The molecule has 0 unspecified atom stereocenters. The molecular weight excluding hydrogens is 431 g/mol. The fourth-order valence-electron chi connectivity index (χ4n) is 2.31. The Labute approximate surface area is 169 Å². The molecule has 0 radical (unpaired) electrons. The second-order valence-corrected chi connectivity index (χ2v) is 6.85. The zero-order valence-corrected chi connectivity index (χ0v) is 16.6. The van der Waals surface area contributed by atoms with Gasteiger partial charge < -0.3 is 19.5 Å². The molecule has 0 saturated heterocycles. The molecule has 0 aliphatic rings. The Hall–Kier alpha value is -2.94. The molecular formula is C19H18BrFN4O3. The first-order valence-corrected chi connectivity index (χ1v) is 9.27. The number of benzene rings is 2. The summed E-state index contributed by atoms with van der Waals surface area (Å²) in [6.45, 7) is 0.361. The van der Waals surface area contributed by atoms with Gasteiger partial charge in [-0.15, -0.1) is 0 Å². The van der Waals surface area contributed by atoms with Crippen molar-refractivity contribution in [2.24, 2.45) is 0 Å². The highest BCUT2D eigenvalue weighted by atomic mass is 79.9. The van der Waals surface area contributed by atoms with E-state index in [0.29, 0.717) is 24.5 Å². The summed E-state index contributed by atoms with van der Waals surface area (Å²) in [5, 5.41) is 6.66. The van der Waals surface area contributed by atoms with Crippen LogP contribution in [0.5, 0.6) is 5.75 Å². The highest BCUT2D eigenvalue weighted by Crippen LogP contribution is 2.17. The summed E-state index contributed by atoms with van der Waals surface area (Å²) >= 11 is 3.36. The molecule has 0 fully saturated rings. The Balaban J connectivity index is 1.47. The molecule has 0 aliphatic carbocycles. The highest BCUT2D eigenvalue weighted by molar-refractivity contribution is 9.10. The highest BCUT2D eigenvalue weighted by Gasteiger charge is 2.13. The van der Waals surface area contributed by atoms with Crippen LogP contribution in [0.4, 0.5) is 14.9 Å². The third kappa shape index (κ3) is 5.53. The van der Waals surface area contributed by atoms with E-state index in [2.05, 4.69) is 31.4 Å². The van der Waals surface area contributed by atoms with Crippen molar-refractivity contribution >= 4 is 27.6 Å². The van der Waals surface area contributed by atoms with E-state index >= 15 is 0 Å². The van der Waals surface area contributed by atoms with E-state index in [1.54, 1.807) is 25.2 Å². The van der Waals surface area contributed by atoms with Gasteiger partial charge in [-0.05, 0) is 30.3 Å². The van der Waals surface area contributed by atoms with Crippen LogP contribution in [0.15, 0.2) is 57.5 Å². The monoisotopic (exact) mass is 448 g/mol. The van der Waals surface area contributed by atoms with E-state index in [0.717, 1.165) is 4.47 Å². The molecule has 3 rings (SSSR count). The van der Waals surface area contributed by atoms with Gasteiger partial charge in [-0.25, -0.2) is 9.18 Å². The molecule has 0 atom stereocenters. The second kappa shape index (κ2) is 9.32. The van der Waals surface area contributed by atoms with E-state index in [9.17, 15) is 9.18 Å². The first-order chi connectivity index (χ1) is 13.5. The Kier molecular flexibility index (Phi) is 6.59. The van der Waals surface area contributed by atoms with Crippen molar-refractivity contribution in [3.63, 3.8) is 0 Å². The number of amides is 2. The number of hydrogen-bond acceptors (Lipinski definition) is 5. The van der Waals surface area contributed by atoms with Crippen molar-refractivity contribution in [2.75, 3.05) is 18.9 Å². The quantitative estimate of drug-likeness (QED) is 0.583. The average molecular weight is 449 g/mol. The lowest BCUT2D eigenvalue weighted by Gasteiger charge is -2.17. The van der Waals surface area contributed by atoms with Gasteiger partial charge in [0.2, 0.25) is 0 Å². The van der Waals surface area contributed by atoms with Gasteiger partial charge >= 0.3 is 6.03 Å². The summed E-state index contributed by atoms with van der Waals surface area (Å²) < 4.78 is 24.8. The van der Waals surface area contributed by atoms with Crippen molar-refractivity contribution in [1.82, 2.24) is 15.0 Å². The lowest BCUT2D eigenvalue weighted by Crippen LogP contribution is -2.33. The number of anilines is 1. The molecule has 1 aromatic heterocycles. The van der Waals surface area contributed by atoms with Gasteiger partial charge in [0.1, 0.15) is 0 Å². The molecule has 0 bridgehead atoms. The molecule has 9 heteroatoms. The predicted molar refractivity (Wildman–Crippen MR) is 105 cm³/mol. The zero-order valence-electron chi connectivity index (χ0n) is 15.1. The number of nitrogens with zero attached hydrogens (tertiary/aromatic N) is 3. The van der Waals surface area contributed by atoms with E-state index in [4.69, 9.17) is 9.26 Å². The van der Waals surface area contributed by atoms with E-state index < -0.39 is 5.82 Å². The van der Waals surface area contributed by atoms with E-state index in [1.165, 1.54) is 17.0 Å². The summed E-state index contributed by atoms with van der Waals surface area (Å²) in [5.74, 6) is 0.334. The molecule has 0 aliphatic heterocycles. The van der Waals surface area contributed by atoms with Crippen molar-refractivity contribution in [3.8, 4) is 5.75 Å². The maximum Gasteiger partial charge on any atom is 0.321 e. The minimum atomic E-state index is -0.458. The second-order valence-electron chi connectivity index (χ2n) is 5.94. The first kappa shape index (κ1) is 19.8. The van der Waals surface area contributed by atoms with Crippen LogP contribution in [-0.4, -0.2) is 34.7 Å². The van der Waals surface area contributed by atoms with Crippen LogP contribution in [0.25, 0.3) is 0 Å². The van der Waals surface area contributed by atoms with Gasteiger partial charge in [-0.3, -0.25) is 0 Å². The Morgan fingerprint density at radius 2 is 2.11 bits per heavy atom. The molecule has 0 spiro atoms. The average Bonchev–Trinajstić information content (AvgIpc) is 3.13. The number of carbonyl (C=O) groups is 1. The topological polar surface area (TPSA) is 80.5 Å². The molecule has 3 aromatic rings. The fourth-order valence-corrected chi connectivity index (χ4v) is 2.71. The van der Waals surface area contributed by atoms with Crippen LogP contribution in [0.3, 0.4) is 0 Å². The molecule has 1 heterocycles. The fraction of sp³-hybridized carbons (Fsp3) is 0.211. The molecule has 7 nitrogen and oxygen atoms in total. The zero-order chi connectivity index (χ0) is 19.9. The summed E-state index contributed by atoms with van der Waals surface area (Å²) in [6.07, 6.45) is 0.408. The molecule has 146 valence electrons. The Morgan fingerprint density at radius 3 is 2.89 bits per heavy atom. The number of halogens is 2. The summed E-state index contributed by atoms with van der Waals surface area (Å²) in [4.78, 5) is 17.9. The predicted octanol–water partition coefficient (Wildman–Crippen LogP) is 4.26. The minimum Gasteiger partial charge on any atom is -0.481 e. The first-order valence-electron chi connectivity index (χ1n) is 8.48. The van der Waals surface area contributed by atoms with Gasteiger partial charge in [-0.1, -0.05) is 39.3 Å². The largest absolute Gasteiger partial charge is 0.481 e. The minimum absolute atomic E-state index is 0.0346. The van der Waals surface area contributed by atoms with Crippen molar-refractivity contribution in [1.29, 1.82) is 0 Å². The third-order valence-electron chi connectivity index (χ3n) is 3.79. The normalized spacial score (nSPS) is 10.5. The smallest absolute Gasteiger partial charge is 0.321 e. The third-order valence-corrected chi connectivity index (χ3v) is 4.28. The maximum absolute atomic E-state index is 13.5. The number of aromatic nitrogens is 2. The number of hydrogen-bond donors (Lipinski definition) is 1. The molecule has 1 N–H and O–H groups in total. The van der Waals surface area contributed by atoms with E-state index in [-0.39, 0.29) is 24.3 Å². The maximum atomic E-state index is 13.5. The van der Waals surface area contributed by atoms with Crippen LogP contribution in [-0.2, 0) is 13.0 Å². The van der Waals surface area contributed by atoms with Crippen LogP contribution in [0, 0.1) is 5.82 Å². The molecule has 2 amide bonds. The Morgan fingerprint density at radius 1 is 1.29 bits per heavy atom. The molecule has 2 aromatic carbocycles. The van der Waals surface area contributed by atoms with Crippen LogP contribution >= 0.6 is 15.9 Å². The van der Waals surface area contributed by atoms with E-state index in [1.807, 2.05) is 18.2 Å². The van der Waals surface area contributed by atoms with Gasteiger partial charge in [0.05, 0.1) is 0 Å². The summed E-state index contributed by atoms with van der Waals surface area (Å²) in [7, 11) is 1.68. The van der Waals surface area contributed by atoms with Gasteiger partial charge in [-0.2, -0.15) is 4.98 Å². The summed E-state index contributed by atoms with van der Waals surface area (Å²) in [5.41, 5.74) is 0.693. The number of likely N-dealkylation sites (N-methyl/N-ethyl adjacent to an activating group) is 1. The molecule has 28 heavy (non-hydrogen) atoms. The lowest BCUT2D eigenvalue weighted by atomic mass is 10.3. The number of nitrogens with one attached hydrogen (secondary N) is 1. The number of ether oxygens (including phenoxy) is 1. The number of urea groups is 1. The number of rotatable bonds is 7. The van der Waals surface area contributed by atoms with Gasteiger partial charge in [0.25, 0.3) is 5.89 Å². The van der Waals surface area contributed by atoms with Crippen molar-refractivity contribution in [2.45, 2.75) is 13.0 Å². The van der Waals surface area contributed by atoms with Crippen LogP contribution < -0.4 is 10.1 Å². The number of carbonyl (C=O) groups excluding carboxylic acids is 1. The van der Waals surface area contributed by atoms with Gasteiger partial charge in [0, 0.05) is 30.2 Å². The van der Waals surface area contributed by atoms with Crippen molar-refractivity contribution in [3.05, 3.63) is 70.5 Å². The van der Waals surface area contributed by atoms with Crippen LogP contribution in [0.2, 0.25) is 0 Å². The molecule has 0 saturated carbocycles. The summed E-state index contributed by atoms with van der Waals surface area (Å²) in [6, 6.07) is 13.2. The standard InChI is InChI=1S/C19H18BrFN4O3/c1-25(19(26)22-14-6-4-5-13(20)11-14)10-9-17-23-18(28-24-17)12-27-16-8-3-2-7-15(16)21/h2-8,11H,9-10,12H2,1H3,(H,22,26). The SMILES string of the molecule is CN(CCc1noc(COc2ccccc2F)n1)C(=O)Nc1cccc(Br)c1. The van der Waals surface area contributed by atoms with Crippen molar-refractivity contribution < 1.29 is 18.4 Å².